The van der Waals surface area contributed by atoms with Crippen molar-refractivity contribution in [3.8, 4) is 5.88 Å². The quantitative estimate of drug-likeness (QED) is 0.893. The number of carbonyl (C=O) groups is 2. The standard InChI is InChI=1S/C17H23N3O3/c1-20-11-13(9-16(20)21)17(22)19-10-12-6-7-18-15(8-12)23-14-4-2-3-5-14/h6-8,13-14H,2-5,9-11H2,1H3,(H,19,22)/t13-/m0/s1. The van der Waals surface area contributed by atoms with Gasteiger partial charge in [0, 0.05) is 38.8 Å². The summed E-state index contributed by atoms with van der Waals surface area (Å²) in [5.74, 6) is 0.335. The van der Waals surface area contributed by atoms with E-state index in [2.05, 4.69) is 10.3 Å². The molecule has 1 N–H and O–H groups in total. The van der Waals surface area contributed by atoms with Gasteiger partial charge in [-0.25, -0.2) is 4.98 Å². The second-order valence-electron chi connectivity index (χ2n) is 6.42. The molecule has 0 unspecified atom stereocenters. The lowest BCUT2D eigenvalue weighted by atomic mass is 10.1. The first-order valence-corrected chi connectivity index (χ1v) is 8.25. The summed E-state index contributed by atoms with van der Waals surface area (Å²) in [6, 6.07) is 3.75. The second kappa shape index (κ2) is 6.98. The van der Waals surface area contributed by atoms with Gasteiger partial charge < -0.3 is 15.0 Å². The second-order valence-corrected chi connectivity index (χ2v) is 6.42. The molecule has 6 heteroatoms. The molecule has 0 bridgehead atoms. The highest BCUT2D eigenvalue weighted by atomic mass is 16.5. The number of hydrogen-bond donors (Lipinski definition) is 1. The Balaban J connectivity index is 1.51. The Morgan fingerprint density at radius 3 is 2.91 bits per heavy atom. The molecule has 124 valence electrons. The Hall–Kier alpha value is -2.11. The largest absolute Gasteiger partial charge is 0.474 e. The molecule has 1 aromatic rings. The van der Waals surface area contributed by atoms with Gasteiger partial charge in [0.1, 0.15) is 6.10 Å². The summed E-state index contributed by atoms with van der Waals surface area (Å²) in [7, 11) is 1.73. The van der Waals surface area contributed by atoms with E-state index in [1.54, 1.807) is 18.1 Å². The molecule has 6 nitrogen and oxygen atoms in total. The molecule has 1 aliphatic carbocycles. The van der Waals surface area contributed by atoms with Crippen molar-refractivity contribution in [3.63, 3.8) is 0 Å². The minimum atomic E-state index is -0.247. The van der Waals surface area contributed by atoms with Crippen molar-refractivity contribution in [1.82, 2.24) is 15.2 Å². The molecule has 23 heavy (non-hydrogen) atoms. The van der Waals surface area contributed by atoms with E-state index in [-0.39, 0.29) is 23.8 Å². The molecule has 2 amide bonds. The number of nitrogens with zero attached hydrogens (tertiary/aromatic N) is 2. The van der Waals surface area contributed by atoms with Gasteiger partial charge in [0.2, 0.25) is 17.7 Å². The van der Waals surface area contributed by atoms with Gasteiger partial charge >= 0.3 is 0 Å². The van der Waals surface area contributed by atoms with Gasteiger partial charge in [-0.1, -0.05) is 0 Å². The van der Waals surface area contributed by atoms with Crippen molar-refractivity contribution in [2.75, 3.05) is 13.6 Å². The summed E-state index contributed by atoms with van der Waals surface area (Å²) < 4.78 is 5.88. The van der Waals surface area contributed by atoms with Gasteiger partial charge in [-0.05, 0) is 37.3 Å². The zero-order valence-corrected chi connectivity index (χ0v) is 13.5. The molecule has 1 saturated heterocycles. The van der Waals surface area contributed by atoms with Crippen LogP contribution in [0.15, 0.2) is 18.3 Å². The molecular weight excluding hydrogens is 294 g/mol. The molecular formula is C17H23N3O3. The zero-order valence-electron chi connectivity index (χ0n) is 13.5. The molecule has 3 rings (SSSR count). The minimum absolute atomic E-state index is 0.0290. The van der Waals surface area contributed by atoms with Gasteiger partial charge in [0.05, 0.1) is 5.92 Å². The van der Waals surface area contributed by atoms with E-state index in [1.807, 2.05) is 12.1 Å². The molecule has 2 heterocycles. The highest BCUT2D eigenvalue weighted by Crippen LogP contribution is 2.23. The third-order valence-corrected chi connectivity index (χ3v) is 4.57. The van der Waals surface area contributed by atoms with E-state index < -0.39 is 0 Å². The first-order chi connectivity index (χ1) is 11.1. The predicted molar refractivity (Wildman–Crippen MR) is 84.7 cm³/mol. The lowest BCUT2D eigenvalue weighted by Crippen LogP contribution is -2.31. The van der Waals surface area contributed by atoms with Crippen molar-refractivity contribution < 1.29 is 14.3 Å². The lowest BCUT2D eigenvalue weighted by molar-refractivity contribution is -0.128. The number of ether oxygens (including phenoxy) is 1. The monoisotopic (exact) mass is 317 g/mol. The smallest absolute Gasteiger partial charge is 0.225 e. The highest BCUT2D eigenvalue weighted by Gasteiger charge is 2.31. The van der Waals surface area contributed by atoms with E-state index in [0.717, 1.165) is 18.4 Å². The molecule has 0 radical (unpaired) electrons. The maximum atomic E-state index is 12.1. The van der Waals surface area contributed by atoms with E-state index in [9.17, 15) is 9.59 Å². The Bertz CT molecular complexity index is 584. The van der Waals surface area contributed by atoms with Gasteiger partial charge in [-0.15, -0.1) is 0 Å². The van der Waals surface area contributed by atoms with Crippen LogP contribution in [0.1, 0.15) is 37.7 Å². The molecule has 2 aliphatic rings. The van der Waals surface area contributed by atoms with E-state index >= 15 is 0 Å². The van der Waals surface area contributed by atoms with Gasteiger partial charge in [-0.2, -0.15) is 0 Å². The normalized spacial score (nSPS) is 21.7. The van der Waals surface area contributed by atoms with Crippen LogP contribution in [0.25, 0.3) is 0 Å². The Morgan fingerprint density at radius 1 is 1.43 bits per heavy atom. The maximum absolute atomic E-state index is 12.1. The lowest BCUT2D eigenvalue weighted by Gasteiger charge is -2.14. The fraction of sp³-hybridized carbons (Fsp3) is 0.588. The van der Waals surface area contributed by atoms with Crippen molar-refractivity contribution in [2.24, 2.45) is 5.92 Å². The predicted octanol–water partition coefficient (Wildman–Crippen LogP) is 1.50. The van der Waals surface area contributed by atoms with E-state index in [1.165, 1.54) is 12.8 Å². The van der Waals surface area contributed by atoms with Crippen LogP contribution in [-0.4, -0.2) is 41.4 Å². The molecule has 1 atom stereocenters. The molecule has 2 fully saturated rings. The topological polar surface area (TPSA) is 71.5 Å². The number of hydrogen-bond acceptors (Lipinski definition) is 4. The number of pyridine rings is 1. The Labute approximate surface area is 136 Å². The summed E-state index contributed by atoms with van der Waals surface area (Å²) in [5, 5.41) is 2.90. The van der Waals surface area contributed by atoms with Crippen molar-refractivity contribution in [2.45, 2.75) is 44.8 Å². The average Bonchev–Trinajstić information content (AvgIpc) is 3.16. The molecule has 1 saturated carbocycles. The number of rotatable bonds is 5. The molecule has 0 aromatic carbocycles. The number of aromatic nitrogens is 1. The summed E-state index contributed by atoms with van der Waals surface area (Å²) in [5.41, 5.74) is 0.957. The SMILES string of the molecule is CN1C[C@@H](C(=O)NCc2ccnc(OC3CCCC3)c2)CC1=O. The first-order valence-electron chi connectivity index (χ1n) is 8.25. The Kier molecular flexibility index (Phi) is 4.79. The van der Waals surface area contributed by atoms with E-state index in [0.29, 0.717) is 25.4 Å². The fourth-order valence-corrected chi connectivity index (χ4v) is 3.17. The third-order valence-electron chi connectivity index (χ3n) is 4.57. The summed E-state index contributed by atoms with van der Waals surface area (Å²) in [6.07, 6.45) is 6.89. The van der Waals surface area contributed by atoms with Crippen LogP contribution in [-0.2, 0) is 16.1 Å². The van der Waals surface area contributed by atoms with Crippen LogP contribution < -0.4 is 10.1 Å². The van der Waals surface area contributed by atoms with Crippen LogP contribution in [0, 0.1) is 5.92 Å². The van der Waals surface area contributed by atoms with Gasteiger partial charge in [-0.3, -0.25) is 9.59 Å². The number of nitrogens with one attached hydrogen (secondary N) is 1. The fourth-order valence-electron chi connectivity index (χ4n) is 3.17. The average molecular weight is 317 g/mol. The van der Waals surface area contributed by atoms with Crippen LogP contribution in [0.5, 0.6) is 5.88 Å². The highest BCUT2D eigenvalue weighted by molar-refractivity contribution is 5.89. The first kappa shape index (κ1) is 15.8. The molecule has 1 aliphatic heterocycles. The number of amides is 2. The van der Waals surface area contributed by atoms with Gasteiger partial charge in [0.15, 0.2) is 0 Å². The molecule has 0 spiro atoms. The molecule has 1 aromatic heterocycles. The summed E-state index contributed by atoms with van der Waals surface area (Å²) in [4.78, 5) is 29.5. The van der Waals surface area contributed by atoms with Crippen LogP contribution in [0.2, 0.25) is 0 Å². The summed E-state index contributed by atoms with van der Waals surface area (Å²) >= 11 is 0. The third kappa shape index (κ3) is 4.00. The van der Waals surface area contributed by atoms with Gasteiger partial charge in [0.25, 0.3) is 0 Å². The van der Waals surface area contributed by atoms with Crippen LogP contribution in [0.3, 0.4) is 0 Å². The minimum Gasteiger partial charge on any atom is -0.474 e. The van der Waals surface area contributed by atoms with Crippen molar-refractivity contribution >= 4 is 11.8 Å². The maximum Gasteiger partial charge on any atom is 0.225 e. The van der Waals surface area contributed by atoms with Crippen LogP contribution >= 0.6 is 0 Å². The number of carbonyl (C=O) groups excluding carboxylic acids is 2. The van der Waals surface area contributed by atoms with Crippen molar-refractivity contribution in [1.29, 1.82) is 0 Å². The Morgan fingerprint density at radius 2 is 2.22 bits per heavy atom. The van der Waals surface area contributed by atoms with Crippen molar-refractivity contribution in [3.05, 3.63) is 23.9 Å². The zero-order chi connectivity index (χ0) is 16.2. The summed E-state index contributed by atoms with van der Waals surface area (Å²) in [6.45, 7) is 0.924. The number of likely N-dealkylation sites (tertiary alicyclic amines) is 1. The van der Waals surface area contributed by atoms with Crippen LogP contribution in [0.4, 0.5) is 0 Å². The van der Waals surface area contributed by atoms with E-state index in [4.69, 9.17) is 4.74 Å².